The number of aromatic nitrogens is 2. The van der Waals surface area contributed by atoms with Crippen molar-refractivity contribution in [1.82, 2.24) is 14.9 Å². The molecule has 2 aromatic heterocycles. The van der Waals surface area contributed by atoms with Crippen molar-refractivity contribution in [3.8, 4) is 11.1 Å². The third kappa shape index (κ3) is 5.73. The Kier molecular flexibility index (Phi) is 7.94. The van der Waals surface area contributed by atoms with E-state index in [1.807, 2.05) is 35.7 Å². The van der Waals surface area contributed by atoms with Gasteiger partial charge < -0.3 is 14.8 Å². The molecule has 2 heterocycles. The van der Waals surface area contributed by atoms with Crippen LogP contribution in [0.15, 0.2) is 40.5 Å². The standard InChI is InChI=1S/C22H29N3O3S/c1-3-8-17(26)13-25(11-7-12-28-2)14-19-23-21(27)20-18(15-29-22(20)24-19)16-9-5-4-6-10-16/h4-6,9-10,15,17,26H,3,7-8,11-14H2,1-2H3,(H,23,24,27). The van der Waals surface area contributed by atoms with E-state index in [2.05, 4.69) is 16.8 Å². The van der Waals surface area contributed by atoms with Crippen LogP contribution in [0.25, 0.3) is 21.3 Å². The fourth-order valence-electron chi connectivity index (χ4n) is 3.50. The van der Waals surface area contributed by atoms with E-state index in [9.17, 15) is 9.90 Å². The molecular weight excluding hydrogens is 386 g/mol. The van der Waals surface area contributed by atoms with Gasteiger partial charge in [0.1, 0.15) is 10.7 Å². The van der Waals surface area contributed by atoms with Crippen LogP contribution in [0.5, 0.6) is 0 Å². The highest BCUT2D eigenvalue weighted by Gasteiger charge is 2.16. The Morgan fingerprint density at radius 2 is 2.10 bits per heavy atom. The van der Waals surface area contributed by atoms with Gasteiger partial charge in [-0.05, 0) is 18.4 Å². The molecule has 3 aromatic rings. The fraction of sp³-hybridized carbons (Fsp3) is 0.455. The lowest BCUT2D eigenvalue weighted by molar-refractivity contribution is 0.0917. The first-order valence-electron chi connectivity index (χ1n) is 10.1. The summed E-state index contributed by atoms with van der Waals surface area (Å²) < 4.78 is 5.16. The highest BCUT2D eigenvalue weighted by molar-refractivity contribution is 7.17. The lowest BCUT2D eigenvalue weighted by Crippen LogP contribution is -2.34. The van der Waals surface area contributed by atoms with Crippen molar-refractivity contribution in [2.45, 2.75) is 38.8 Å². The molecule has 7 heteroatoms. The predicted molar refractivity (Wildman–Crippen MR) is 118 cm³/mol. The monoisotopic (exact) mass is 415 g/mol. The Morgan fingerprint density at radius 3 is 2.83 bits per heavy atom. The lowest BCUT2D eigenvalue weighted by atomic mass is 10.1. The third-order valence-electron chi connectivity index (χ3n) is 4.86. The van der Waals surface area contributed by atoms with Crippen LogP contribution in [0.3, 0.4) is 0 Å². The summed E-state index contributed by atoms with van der Waals surface area (Å²) in [5, 5.41) is 12.9. The van der Waals surface area contributed by atoms with E-state index in [0.717, 1.165) is 41.8 Å². The summed E-state index contributed by atoms with van der Waals surface area (Å²) in [5.74, 6) is 0.630. The molecular formula is C22H29N3O3S. The summed E-state index contributed by atoms with van der Waals surface area (Å²) in [4.78, 5) is 23.4. The number of rotatable bonds is 11. The number of methoxy groups -OCH3 is 1. The Balaban J connectivity index is 1.83. The van der Waals surface area contributed by atoms with E-state index in [0.29, 0.717) is 30.9 Å². The van der Waals surface area contributed by atoms with Crippen LogP contribution in [0.2, 0.25) is 0 Å². The summed E-state index contributed by atoms with van der Waals surface area (Å²) >= 11 is 1.49. The Labute approximate surface area is 175 Å². The van der Waals surface area contributed by atoms with E-state index in [1.54, 1.807) is 7.11 Å². The van der Waals surface area contributed by atoms with Crippen molar-refractivity contribution in [1.29, 1.82) is 0 Å². The van der Waals surface area contributed by atoms with Crippen LogP contribution in [-0.4, -0.2) is 52.9 Å². The van der Waals surface area contributed by atoms with Crippen LogP contribution in [0.1, 0.15) is 32.0 Å². The normalized spacial score (nSPS) is 12.7. The summed E-state index contributed by atoms with van der Waals surface area (Å²) in [7, 11) is 1.68. The van der Waals surface area contributed by atoms with Crippen molar-refractivity contribution in [2.75, 3.05) is 26.8 Å². The second kappa shape index (κ2) is 10.6. The molecule has 0 spiro atoms. The number of thiophene rings is 1. The van der Waals surface area contributed by atoms with Gasteiger partial charge in [-0.1, -0.05) is 43.7 Å². The molecule has 0 aliphatic rings. The Bertz CT molecular complexity index is 955. The first-order valence-corrected chi connectivity index (χ1v) is 11.0. The highest BCUT2D eigenvalue weighted by atomic mass is 32.1. The van der Waals surface area contributed by atoms with Gasteiger partial charge in [-0.3, -0.25) is 9.69 Å². The second-order valence-corrected chi connectivity index (χ2v) is 8.09. The molecule has 2 N–H and O–H groups in total. The fourth-order valence-corrected chi connectivity index (χ4v) is 4.47. The van der Waals surface area contributed by atoms with Crippen molar-refractivity contribution in [3.63, 3.8) is 0 Å². The molecule has 0 saturated carbocycles. The van der Waals surface area contributed by atoms with E-state index in [-0.39, 0.29) is 11.7 Å². The maximum atomic E-state index is 12.8. The van der Waals surface area contributed by atoms with Crippen LogP contribution >= 0.6 is 11.3 Å². The Hall–Kier alpha value is -2.06. The molecule has 0 amide bonds. The zero-order valence-corrected chi connectivity index (χ0v) is 17.9. The van der Waals surface area contributed by atoms with E-state index in [1.165, 1.54) is 11.3 Å². The van der Waals surface area contributed by atoms with E-state index >= 15 is 0 Å². The summed E-state index contributed by atoms with van der Waals surface area (Å²) in [6.07, 6.45) is 2.17. The molecule has 0 aliphatic carbocycles. The molecule has 0 radical (unpaired) electrons. The van der Waals surface area contributed by atoms with Gasteiger partial charge in [0.25, 0.3) is 5.56 Å². The van der Waals surface area contributed by atoms with Crippen molar-refractivity contribution in [2.24, 2.45) is 0 Å². The first kappa shape index (κ1) is 21.6. The number of nitrogens with zero attached hydrogens (tertiary/aromatic N) is 2. The smallest absolute Gasteiger partial charge is 0.260 e. The van der Waals surface area contributed by atoms with Crippen molar-refractivity contribution >= 4 is 21.6 Å². The lowest BCUT2D eigenvalue weighted by Gasteiger charge is -2.24. The highest BCUT2D eigenvalue weighted by Crippen LogP contribution is 2.30. The molecule has 1 unspecified atom stereocenters. The van der Waals surface area contributed by atoms with Gasteiger partial charge in [0.2, 0.25) is 0 Å². The quantitative estimate of drug-likeness (QED) is 0.468. The SMILES string of the molecule is CCCC(O)CN(CCCOC)Cc1nc2scc(-c3ccccc3)c2c(=O)[nH]1. The minimum atomic E-state index is -0.385. The molecule has 0 bridgehead atoms. The minimum absolute atomic E-state index is 0.115. The number of aliphatic hydroxyl groups excluding tert-OH is 1. The van der Waals surface area contributed by atoms with E-state index in [4.69, 9.17) is 9.72 Å². The molecule has 0 aliphatic heterocycles. The molecule has 156 valence electrons. The summed E-state index contributed by atoms with van der Waals surface area (Å²) in [6.45, 7) is 4.55. The zero-order chi connectivity index (χ0) is 20.6. The number of benzene rings is 1. The first-order chi connectivity index (χ1) is 14.1. The topological polar surface area (TPSA) is 78.5 Å². The molecule has 1 aromatic carbocycles. The van der Waals surface area contributed by atoms with Gasteiger partial charge >= 0.3 is 0 Å². The van der Waals surface area contributed by atoms with Crippen LogP contribution < -0.4 is 5.56 Å². The molecule has 3 rings (SSSR count). The summed E-state index contributed by atoms with van der Waals surface area (Å²) in [5.41, 5.74) is 1.82. The van der Waals surface area contributed by atoms with Gasteiger partial charge in [-0.15, -0.1) is 11.3 Å². The number of H-pyrrole nitrogens is 1. The third-order valence-corrected chi connectivity index (χ3v) is 5.74. The maximum Gasteiger partial charge on any atom is 0.260 e. The molecule has 29 heavy (non-hydrogen) atoms. The predicted octanol–water partition coefficient (Wildman–Crippen LogP) is 3.65. The number of aromatic amines is 1. The van der Waals surface area contributed by atoms with Crippen LogP contribution in [0, 0.1) is 0 Å². The average Bonchev–Trinajstić information content (AvgIpc) is 3.13. The minimum Gasteiger partial charge on any atom is -0.392 e. The Morgan fingerprint density at radius 1 is 1.31 bits per heavy atom. The molecule has 6 nitrogen and oxygen atoms in total. The van der Waals surface area contributed by atoms with Crippen molar-refractivity contribution in [3.05, 3.63) is 51.9 Å². The molecule has 0 fully saturated rings. The zero-order valence-electron chi connectivity index (χ0n) is 17.1. The molecule has 0 saturated heterocycles. The number of hydrogen-bond acceptors (Lipinski definition) is 6. The molecule has 1 atom stereocenters. The second-order valence-electron chi connectivity index (χ2n) is 7.23. The number of fused-ring (bicyclic) bond motifs is 1. The van der Waals surface area contributed by atoms with Gasteiger partial charge in [0, 0.05) is 37.7 Å². The van der Waals surface area contributed by atoms with Gasteiger partial charge in [0.15, 0.2) is 0 Å². The largest absolute Gasteiger partial charge is 0.392 e. The summed E-state index contributed by atoms with van der Waals surface area (Å²) in [6, 6.07) is 9.90. The van der Waals surface area contributed by atoms with Crippen LogP contribution in [-0.2, 0) is 11.3 Å². The maximum absolute atomic E-state index is 12.8. The van der Waals surface area contributed by atoms with Gasteiger partial charge in [-0.2, -0.15) is 0 Å². The van der Waals surface area contributed by atoms with Gasteiger partial charge in [-0.25, -0.2) is 4.98 Å². The number of nitrogens with one attached hydrogen (secondary N) is 1. The van der Waals surface area contributed by atoms with Gasteiger partial charge in [0.05, 0.1) is 18.0 Å². The number of hydrogen-bond donors (Lipinski definition) is 2. The average molecular weight is 416 g/mol. The van der Waals surface area contributed by atoms with Crippen LogP contribution in [0.4, 0.5) is 0 Å². The van der Waals surface area contributed by atoms with Crippen molar-refractivity contribution < 1.29 is 9.84 Å². The van der Waals surface area contributed by atoms with E-state index < -0.39 is 0 Å². The number of ether oxygens (including phenoxy) is 1. The number of aliphatic hydroxyl groups is 1.